The zero-order valence-electron chi connectivity index (χ0n) is 9.48. The molecule has 0 fully saturated rings. The summed E-state index contributed by atoms with van der Waals surface area (Å²) < 4.78 is 5.24. The van der Waals surface area contributed by atoms with E-state index in [-0.39, 0.29) is 11.9 Å². The molecule has 0 aromatic heterocycles. The van der Waals surface area contributed by atoms with Gasteiger partial charge in [0, 0.05) is 12.6 Å². The summed E-state index contributed by atoms with van der Waals surface area (Å²) in [6.45, 7) is 0. The standard InChI is InChI=1S/C11H12ClN3O2/c1-15-9(10(13)14-11(15)16)8-6(12)4-3-5-7(8)17-2/h3-5,9H,1-2H3,(H2,13,14,16). The van der Waals surface area contributed by atoms with Crippen LogP contribution in [0.5, 0.6) is 5.75 Å². The molecule has 0 aliphatic carbocycles. The zero-order valence-corrected chi connectivity index (χ0v) is 10.2. The van der Waals surface area contributed by atoms with Gasteiger partial charge in [-0.2, -0.15) is 4.99 Å². The van der Waals surface area contributed by atoms with Crippen LogP contribution in [0.4, 0.5) is 4.79 Å². The van der Waals surface area contributed by atoms with Crippen LogP contribution in [0.2, 0.25) is 5.02 Å². The molecule has 17 heavy (non-hydrogen) atoms. The van der Waals surface area contributed by atoms with Gasteiger partial charge in [-0.05, 0) is 12.1 Å². The number of nitrogens with two attached hydrogens (primary N) is 1. The Morgan fingerprint density at radius 2 is 2.24 bits per heavy atom. The van der Waals surface area contributed by atoms with E-state index in [0.717, 1.165) is 0 Å². The average Bonchev–Trinajstić information content (AvgIpc) is 2.54. The number of hydrogen-bond acceptors (Lipinski definition) is 3. The van der Waals surface area contributed by atoms with Crippen molar-refractivity contribution in [2.75, 3.05) is 14.2 Å². The largest absolute Gasteiger partial charge is 0.496 e. The minimum Gasteiger partial charge on any atom is -0.496 e. The maximum Gasteiger partial charge on any atom is 0.345 e. The normalized spacial score (nSPS) is 19.5. The smallest absolute Gasteiger partial charge is 0.345 e. The topological polar surface area (TPSA) is 67.9 Å². The van der Waals surface area contributed by atoms with Gasteiger partial charge in [-0.15, -0.1) is 0 Å². The number of urea groups is 1. The molecule has 5 nitrogen and oxygen atoms in total. The van der Waals surface area contributed by atoms with E-state index >= 15 is 0 Å². The molecule has 2 rings (SSSR count). The monoisotopic (exact) mass is 253 g/mol. The number of methoxy groups -OCH3 is 1. The van der Waals surface area contributed by atoms with Gasteiger partial charge in [0.15, 0.2) is 0 Å². The third-order valence-electron chi connectivity index (χ3n) is 2.70. The van der Waals surface area contributed by atoms with E-state index < -0.39 is 6.04 Å². The van der Waals surface area contributed by atoms with Crippen LogP contribution < -0.4 is 10.5 Å². The maximum atomic E-state index is 11.5. The third kappa shape index (κ3) is 1.82. The van der Waals surface area contributed by atoms with Gasteiger partial charge in [0.25, 0.3) is 0 Å². The van der Waals surface area contributed by atoms with Crippen LogP contribution in [0.1, 0.15) is 11.6 Å². The number of amidine groups is 1. The Balaban J connectivity index is 2.54. The van der Waals surface area contributed by atoms with Crippen molar-refractivity contribution in [1.82, 2.24) is 4.90 Å². The highest BCUT2D eigenvalue weighted by Gasteiger charge is 2.34. The van der Waals surface area contributed by atoms with E-state index in [0.29, 0.717) is 16.3 Å². The molecule has 0 saturated heterocycles. The molecule has 1 atom stereocenters. The Morgan fingerprint density at radius 1 is 1.53 bits per heavy atom. The summed E-state index contributed by atoms with van der Waals surface area (Å²) >= 11 is 6.14. The van der Waals surface area contributed by atoms with Crippen LogP contribution in [0.15, 0.2) is 23.2 Å². The van der Waals surface area contributed by atoms with Gasteiger partial charge >= 0.3 is 6.03 Å². The number of nitrogens with zero attached hydrogens (tertiary/aromatic N) is 2. The molecule has 1 heterocycles. The average molecular weight is 254 g/mol. The Hall–Kier alpha value is -1.75. The highest BCUT2D eigenvalue weighted by atomic mass is 35.5. The third-order valence-corrected chi connectivity index (χ3v) is 3.03. The number of halogens is 1. The summed E-state index contributed by atoms with van der Waals surface area (Å²) in [5, 5.41) is 0.494. The van der Waals surface area contributed by atoms with E-state index in [1.54, 1.807) is 32.4 Å². The van der Waals surface area contributed by atoms with Crippen molar-refractivity contribution in [3.05, 3.63) is 28.8 Å². The second kappa shape index (κ2) is 4.25. The Kier molecular flexibility index (Phi) is 2.93. The van der Waals surface area contributed by atoms with Gasteiger partial charge in [-0.1, -0.05) is 17.7 Å². The van der Waals surface area contributed by atoms with Crippen LogP contribution in [0.25, 0.3) is 0 Å². The van der Waals surface area contributed by atoms with Crippen molar-refractivity contribution in [1.29, 1.82) is 0 Å². The van der Waals surface area contributed by atoms with Crippen molar-refractivity contribution in [2.45, 2.75) is 6.04 Å². The first-order chi connectivity index (χ1) is 8.06. The summed E-state index contributed by atoms with van der Waals surface area (Å²) in [6, 6.07) is 4.42. The summed E-state index contributed by atoms with van der Waals surface area (Å²) in [5.41, 5.74) is 6.42. The van der Waals surface area contributed by atoms with E-state index in [4.69, 9.17) is 22.1 Å². The summed E-state index contributed by atoms with van der Waals surface area (Å²) in [5.74, 6) is 0.811. The van der Waals surface area contributed by atoms with E-state index in [2.05, 4.69) is 4.99 Å². The molecule has 0 radical (unpaired) electrons. The molecule has 2 N–H and O–H groups in total. The fourth-order valence-electron chi connectivity index (χ4n) is 1.86. The molecule has 1 unspecified atom stereocenters. The minimum absolute atomic E-state index is 0.226. The van der Waals surface area contributed by atoms with Crippen molar-refractivity contribution in [2.24, 2.45) is 10.7 Å². The van der Waals surface area contributed by atoms with E-state index in [1.165, 1.54) is 4.90 Å². The molecule has 1 aromatic rings. The van der Waals surface area contributed by atoms with Crippen molar-refractivity contribution in [3.63, 3.8) is 0 Å². The fourth-order valence-corrected chi connectivity index (χ4v) is 2.13. The van der Waals surface area contributed by atoms with Crippen LogP contribution in [0, 0.1) is 0 Å². The number of rotatable bonds is 2. The summed E-state index contributed by atoms with van der Waals surface area (Å²) in [7, 11) is 3.17. The Morgan fingerprint density at radius 3 is 2.76 bits per heavy atom. The molecular weight excluding hydrogens is 242 g/mol. The summed E-state index contributed by atoms with van der Waals surface area (Å²) in [6.07, 6.45) is 0. The molecule has 2 amide bonds. The molecular formula is C11H12ClN3O2. The van der Waals surface area contributed by atoms with Gasteiger partial charge in [0.1, 0.15) is 17.6 Å². The molecule has 0 bridgehead atoms. The lowest BCUT2D eigenvalue weighted by Gasteiger charge is -2.22. The van der Waals surface area contributed by atoms with Crippen LogP contribution in [0.3, 0.4) is 0 Å². The van der Waals surface area contributed by atoms with E-state index in [9.17, 15) is 4.79 Å². The molecule has 0 saturated carbocycles. The van der Waals surface area contributed by atoms with Gasteiger partial charge in [-0.25, -0.2) is 4.79 Å². The molecule has 6 heteroatoms. The first kappa shape index (κ1) is 11.7. The van der Waals surface area contributed by atoms with Crippen molar-refractivity contribution >= 4 is 23.5 Å². The Bertz CT molecular complexity index is 501. The Labute approximate surface area is 104 Å². The fraction of sp³-hybridized carbons (Fsp3) is 0.273. The predicted octanol–water partition coefficient (Wildman–Crippen LogP) is 1.81. The van der Waals surface area contributed by atoms with Crippen molar-refractivity contribution in [3.8, 4) is 5.75 Å². The van der Waals surface area contributed by atoms with Crippen LogP contribution in [-0.4, -0.2) is 30.9 Å². The first-order valence-electron chi connectivity index (χ1n) is 4.99. The number of ether oxygens (including phenoxy) is 1. The predicted molar refractivity (Wildman–Crippen MR) is 65.5 cm³/mol. The number of amides is 2. The van der Waals surface area contributed by atoms with Gasteiger partial charge in [0.05, 0.1) is 12.1 Å². The van der Waals surface area contributed by atoms with Crippen LogP contribution >= 0.6 is 11.6 Å². The number of hydrogen-bond donors (Lipinski definition) is 1. The second-order valence-electron chi connectivity index (χ2n) is 3.69. The van der Waals surface area contributed by atoms with E-state index in [1.807, 2.05) is 0 Å². The highest BCUT2D eigenvalue weighted by molar-refractivity contribution is 6.32. The van der Waals surface area contributed by atoms with Gasteiger partial charge in [0.2, 0.25) is 0 Å². The number of benzene rings is 1. The lowest BCUT2D eigenvalue weighted by atomic mass is 10.0. The zero-order chi connectivity index (χ0) is 12.6. The minimum atomic E-state index is -0.467. The first-order valence-corrected chi connectivity index (χ1v) is 5.37. The highest BCUT2D eigenvalue weighted by Crippen LogP contribution is 2.37. The van der Waals surface area contributed by atoms with Gasteiger partial charge in [-0.3, -0.25) is 0 Å². The molecule has 0 spiro atoms. The quantitative estimate of drug-likeness (QED) is 0.874. The van der Waals surface area contributed by atoms with Gasteiger partial charge < -0.3 is 15.4 Å². The lowest BCUT2D eigenvalue weighted by molar-refractivity contribution is 0.218. The number of aliphatic imine (C=N–C) groups is 1. The number of carbonyl (C=O) groups excluding carboxylic acids is 1. The second-order valence-corrected chi connectivity index (χ2v) is 4.10. The summed E-state index contributed by atoms with van der Waals surface area (Å²) in [4.78, 5) is 16.6. The molecule has 90 valence electrons. The van der Waals surface area contributed by atoms with Crippen LogP contribution in [-0.2, 0) is 0 Å². The number of likely N-dealkylation sites (N-methyl/N-ethyl adjacent to an activating group) is 1. The maximum absolute atomic E-state index is 11.5. The molecule has 1 aliphatic rings. The lowest BCUT2D eigenvalue weighted by Crippen LogP contribution is -2.30. The number of carbonyl (C=O) groups is 1. The molecule has 1 aliphatic heterocycles. The molecule has 1 aromatic carbocycles. The van der Waals surface area contributed by atoms with Crippen molar-refractivity contribution < 1.29 is 9.53 Å². The SMILES string of the molecule is COc1cccc(Cl)c1C1C(N)=NC(=O)N1C.